The molecule has 0 bridgehead atoms. The van der Waals surface area contributed by atoms with Gasteiger partial charge in [-0.2, -0.15) is 0 Å². The fourth-order valence-electron chi connectivity index (χ4n) is 2.05. The van der Waals surface area contributed by atoms with Gasteiger partial charge in [0.25, 0.3) is 0 Å². The van der Waals surface area contributed by atoms with Crippen molar-refractivity contribution in [1.29, 1.82) is 0 Å². The van der Waals surface area contributed by atoms with Gasteiger partial charge in [-0.05, 0) is 36.2 Å². The number of H-pyrrole nitrogens is 1. The van der Waals surface area contributed by atoms with Crippen LogP contribution in [0, 0.1) is 0 Å². The Morgan fingerprint density at radius 3 is 2.56 bits per heavy atom. The SMILES string of the molecule is CCc1ccc(Oc2c[nH]c3ccccc23)cc1. The summed E-state index contributed by atoms with van der Waals surface area (Å²) in [5.41, 5.74) is 2.42. The van der Waals surface area contributed by atoms with E-state index in [9.17, 15) is 0 Å². The number of fused-ring (bicyclic) bond motifs is 1. The molecular formula is C16H15NO. The fourth-order valence-corrected chi connectivity index (χ4v) is 2.05. The van der Waals surface area contributed by atoms with Crippen molar-refractivity contribution in [3.63, 3.8) is 0 Å². The summed E-state index contributed by atoms with van der Waals surface area (Å²) in [6, 6.07) is 16.4. The lowest BCUT2D eigenvalue weighted by Crippen LogP contribution is -1.84. The van der Waals surface area contributed by atoms with Crippen molar-refractivity contribution in [2.24, 2.45) is 0 Å². The number of nitrogens with one attached hydrogen (secondary N) is 1. The summed E-state index contributed by atoms with van der Waals surface area (Å²) in [7, 11) is 0. The lowest BCUT2D eigenvalue weighted by molar-refractivity contribution is 0.488. The predicted octanol–water partition coefficient (Wildman–Crippen LogP) is 4.52. The third-order valence-electron chi connectivity index (χ3n) is 3.11. The monoisotopic (exact) mass is 237 g/mol. The number of aryl methyl sites for hydroxylation is 1. The summed E-state index contributed by atoms with van der Waals surface area (Å²) >= 11 is 0. The van der Waals surface area contributed by atoms with Crippen LogP contribution in [0.25, 0.3) is 10.9 Å². The quantitative estimate of drug-likeness (QED) is 0.711. The molecule has 1 N–H and O–H groups in total. The van der Waals surface area contributed by atoms with E-state index in [1.807, 2.05) is 36.5 Å². The molecular weight excluding hydrogens is 222 g/mol. The van der Waals surface area contributed by atoms with E-state index in [-0.39, 0.29) is 0 Å². The second-order valence-electron chi connectivity index (χ2n) is 4.30. The highest BCUT2D eigenvalue weighted by molar-refractivity contribution is 5.86. The van der Waals surface area contributed by atoms with Gasteiger partial charge in [-0.25, -0.2) is 0 Å². The summed E-state index contributed by atoms with van der Waals surface area (Å²) in [6.07, 6.45) is 2.95. The smallest absolute Gasteiger partial charge is 0.152 e. The lowest BCUT2D eigenvalue weighted by Gasteiger charge is -2.04. The second kappa shape index (κ2) is 4.57. The maximum absolute atomic E-state index is 5.90. The molecule has 0 amide bonds. The van der Waals surface area contributed by atoms with Gasteiger partial charge in [-0.3, -0.25) is 0 Å². The largest absolute Gasteiger partial charge is 0.455 e. The molecule has 2 heteroatoms. The molecule has 3 aromatic rings. The Bertz CT molecular complexity index is 652. The molecule has 0 unspecified atom stereocenters. The molecule has 0 aliphatic rings. The molecule has 2 nitrogen and oxygen atoms in total. The average molecular weight is 237 g/mol. The first-order chi connectivity index (χ1) is 8.86. The van der Waals surface area contributed by atoms with E-state index in [1.165, 1.54) is 5.56 Å². The van der Waals surface area contributed by atoms with Crippen molar-refractivity contribution in [2.75, 3.05) is 0 Å². The molecule has 18 heavy (non-hydrogen) atoms. The molecule has 1 aromatic heterocycles. The predicted molar refractivity (Wildman–Crippen MR) is 74.2 cm³/mol. The van der Waals surface area contributed by atoms with E-state index in [2.05, 4.69) is 30.1 Å². The van der Waals surface area contributed by atoms with Gasteiger partial charge in [-0.15, -0.1) is 0 Å². The molecule has 0 spiro atoms. The van der Waals surface area contributed by atoms with Crippen molar-refractivity contribution in [2.45, 2.75) is 13.3 Å². The number of aromatic nitrogens is 1. The first-order valence-electron chi connectivity index (χ1n) is 6.19. The molecule has 0 fully saturated rings. The third-order valence-corrected chi connectivity index (χ3v) is 3.11. The molecule has 3 rings (SSSR count). The minimum atomic E-state index is 0.870. The zero-order valence-corrected chi connectivity index (χ0v) is 10.3. The third kappa shape index (κ3) is 1.97. The van der Waals surface area contributed by atoms with Gasteiger partial charge in [0, 0.05) is 17.1 Å². The zero-order chi connectivity index (χ0) is 12.4. The van der Waals surface area contributed by atoms with Crippen molar-refractivity contribution < 1.29 is 4.74 Å². The van der Waals surface area contributed by atoms with Crippen LogP contribution in [-0.4, -0.2) is 4.98 Å². The number of para-hydroxylation sites is 1. The molecule has 0 aliphatic heterocycles. The van der Waals surface area contributed by atoms with Crippen LogP contribution in [0.3, 0.4) is 0 Å². The lowest BCUT2D eigenvalue weighted by atomic mass is 10.2. The molecule has 0 radical (unpaired) electrons. The topological polar surface area (TPSA) is 25.0 Å². The number of rotatable bonds is 3. The van der Waals surface area contributed by atoms with E-state index in [0.29, 0.717) is 0 Å². The number of aromatic amines is 1. The van der Waals surface area contributed by atoms with Crippen molar-refractivity contribution >= 4 is 10.9 Å². The zero-order valence-electron chi connectivity index (χ0n) is 10.3. The maximum atomic E-state index is 5.90. The summed E-state index contributed by atoms with van der Waals surface area (Å²) < 4.78 is 5.90. The molecule has 2 aromatic carbocycles. The Morgan fingerprint density at radius 2 is 1.78 bits per heavy atom. The van der Waals surface area contributed by atoms with Crippen LogP contribution in [0.1, 0.15) is 12.5 Å². The van der Waals surface area contributed by atoms with Crippen LogP contribution in [-0.2, 0) is 6.42 Å². The molecule has 0 atom stereocenters. The normalized spacial score (nSPS) is 10.7. The first-order valence-corrected chi connectivity index (χ1v) is 6.19. The average Bonchev–Trinajstić information content (AvgIpc) is 2.83. The van der Waals surface area contributed by atoms with E-state index >= 15 is 0 Å². The Hall–Kier alpha value is -2.22. The Balaban J connectivity index is 1.91. The number of ether oxygens (including phenoxy) is 1. The number of hydrogen-bond acceptors (Lipinski definition) is 1. The fraction of sp³-hybridized carbons (Fsp3) is 0.125. The van der Waals surface area contributed by atoms with Gasteiger partial charge in [0.1, 0.15) is 5.75 Å². The van der Waals surface area contributed by atoms with Crippen LogP contribution < -0.4 is 4.74 Å². The molecule has 0 aliphatic carbocycles. The number of hydrogen-bond donors (Lipinski definition) is 1. The molecule has 90 valence electrons. The molecule has 1 heterocycles. The van der Waals surface area contributed by atoms with Crippen LogP contribution in [0.4, 0.5) is 0 Å². The van der Waals surface area contributed by atoms with Gasteiger partial charge in [0.15, 0.2) is 5.75 Å². The van der Waals surface area contributed by atoms with Crippen molar-refractivity contribution in [3.05, 3.63) is 60.3 Å². The Kier molecular flexibility index (Phi) is 2.77. The minimum Gasteiger partial charge on any atom is -0.455 e. The van der Waals surface area contributed by atoms with E-state index in [0.717, 1.165) is 28.8 Å². The molecule has 0 saturated carbocycles. The summed E-state index contributed by atoms with van der Waals surface area (Å²) in [6.45, 7) is 2.15. The van der Waals surface area contributed by atoms with Gasteiger partial charge in [-0.1, -0.05) is 31.2 Å². The van der Waals surface area contributed by atoms with E-state index < -0.39 is 0 Å². The van der Waals surface area contributed by atoms with E-state index in [4.69, 9.17) is 4.74 Å². The van der Waals surface area contributed by atoms with Crippen molar-refractivity contribution in [3.8, 4) is 11.5 Å². The standard InChI is InChI=1S/C16H15NO/c1-2-12-7-9-13(10-8-12)18-16-11-17-15-6-4-3-5-14(15)16/h3-11,17H,2H2,1H3. The highest BCUT2D eigenvalue weighted by atomic mass is 16.5. The minimum absolute atomic E-state index is 0.870. The van der Waals surface area contributed by atoms with Gasteiger partial charge < -0.3 is 9.72 Å². The van der Waals surface area contributed by atoms with Gasteiger partial charge >= 0.3 is 0 Å². The second-order valence-corrected chi connectivity index (χ2v) is 4.30. The first kappa shape index (κ1) is 10.9. The van der Waals surface area contributed by atoms with Crippen LogP contribution >= 0.6 is 0 Å². The van der Waals surface area contributed by atoms with Crippen molar-refractivity contribution in [1.82, 2.24) is 4.98 Å². The summed E-state index contributed by atoms with van der Waals surface area (Å²) in [5.74, 6) is 1.74. The van der Waals surface area contributed by atoms with Crippen LogP contribution in [0.5, 0.6) is 11.5 Å². The van der Waals surface area contributed by atoms with Gasteiger partial charge in [0.2, 0.25) is 0 Å². The Labute approximate surface area is 106 Å². The maximum Gasteiger partial charge on any atom is 0.152 e. The van der Waals surface area contributed by atoms with Crippen LogP contribution in [0.2, 0.25) is 0 Å². The Morgan fingerprint density at radius 1 is 1.00 bits per heavy atom. The summed E-state index contributed by atoms with van der Waals surface area (Å²) in [4.78, 5) is 3.21. The number of benzene rings is 2. The summed E-state index contributed by atoms with van der Waals surface area (Å²) in [5, 5.41) is 1.11. The van der Waals surface area contributed by atoms with E-state index in [1.54, 1.807) is 0 Å². The molecule has 0 saturated heterocycles. The van der Waals surface area contributed by atoms with Gasteiger partial charge in [0.05, 0.1) is 0 Å². The highest BCUT2D eigenvalue weighted by Gasteiger charge is 2.04. The van der Waals surface area contributed by atoms with Crippen LogP contribution in [0.15, 0.2) is 54.7 Å². The highest BCUT2D eigenvalue weighted by Crippen LogP contribution is 2.29.